The largest absolute Gasteiger partial charge is 0.471 e. The number of amides is 1. The minimum Gasteiger partial charge on any atom is -0.471 e. The van der Waals surface area contributed by atoms with Crippen LogP contribution in [0.3, 0.4) is 0 Å². The van der Waals surface area contributed by atoms with Crippen molar-refractivity contribution >= 4 is 29.1 Å². The Labute approximate surface area is 144 Å². The lowest BCUT2D eigenvalue weighted by atomic mass is 10.1. The zero-order valence-corrected chi connectivity index (χ0v) is 14.0. The van der Waals surface area contributed by atoms with Crippen LogP contribution < -0.4 is 5.73 Å². The number of fused-ring (bicyclic) bond motifs is 1. The van der Waals surface area contributed by atoms with Gasteiger partial charge in [0, 0.05) is 19.6 Å². The number of thioether (sulfide) groups is 1. The Kier molecular flexibility index (Phi) is 5.04. The van der Waals surface area contributed by atoms with Gasteiger partial charge in [-0.1, -0.05) is 6.08 Å². The van der Waals surface area contributed by atoms with Gasteiger partial charge < -0.3 is 15.2 Å². The number of hydrogen-bond donors (Lipinski definition) is 1. The molecule has 7 nitrogen and oxygen atoms in total. The quantitative estimate of drug-likeness (QED) is 0.562. The summed E-state index contributed by atoms with van der Waals surface area (Å²) in [5, 5.41) is 9.50. The molecule has 0 aromatic rings. The van der Waals surface area contributed by atoms with Crippen molar-refractivity contribution in [1.29, 1.82) is 5.26 Å². The van der Waals surface area contributed by atoms with E-state index < -0.39 is 6.10 Å². The average Bonchev–Trinajstić information content (AvgIpc) is 3.16. The Balaban J connectivity index is 1.67. The number of aliphatic imine (C=N–C) groups is 1. The van der Waals surface area contributed by atoms with Crippen LogP contribution in [0, 0.1) is 17.4 Å². The van der Waals surface area contributed by atoms with Crippen molar-refractivity contribution in [2.45, 2.75) is 31.0 Å². The van der Waals surface area contributed by atoms with Crippen molar-refractivity contribution in [2.24, 2.45) is 10.7 Å². The molecule has 0 bridgehead atoms. The third kappa shape index (κ3) is 3.24. The summed E-state index contributed by atoms with van der Waals surface area (Å²) in [5.74, 6) is -0.151. The summed E-state index contributed by atoms with van der Waals surface area (Å²) >= 11 is 1.52. The van der Waals surface area contributed by atoms with Gasteiger partial charge >= 0.3 is 5.91 Å². The van der Waals surface area contributed by atoms with E-state index in [4.69, 9.17) is 20.5 Å². The van der Waals surface area contributed by atoms with Crippen LogP contribution in [-0.2, 0) is 14.3 Å². The number of methoxy groups -OCH3 is 1. The Bertz CT molecular complexity index is 692. The molecule has 2 aliphatic heterocycles. The molecular weight excluding hydrogens is 328 g/mol. The lowest BCUT2D eigenvalue weighted by Crippen LogP contribution is -2.31. The van der Waals surface area contributed by atoms with Crippen LogP contribution in [0.1, 0.15) is 12.8 Å². The van der Waals surface area contributed by atoms with E-state index in [1.807, 2.05) is 18.2 Å². The molecule has 1 aliphatic carbocycles. The summed E-state index contributed by atoms with van der Waals surface area (Å²) < 4.78 is 11.8. The maximum absolute atomic E-state index is 12.3. The zero-order valence-electron chi connectivity index (χ0n) is 13.2. The van der Waals surface area contributed by atoms with E-state index in [1.165, 1.54) is 29.8 Å². The van der Waals surface area contributed by atoms with E-state index in [0.29, 0.717) is 12.8 Å². The van der Waals surface area contributed by atoms with Crippen LogP contribution in [0.4, 0.5) is 0 Å². The van der Waals surface area contributed by atoms with Crippen LogP contribution in [0.15, 0.2) is 28.1 Å². The van der Waals surface area contributed by atoms with Gasteiger partial charge in [-0.15, -0.1) is 17.8 Å². The van der Waals surface area contributed by atoms with Crippen LogP contribution >= 0.6 is 11.8 Å². The Morgan fingerprint density at radius 1 is 1.67 bits per heavy atom. The second kappa shape index (κ2) is 7.21. The SMILES string of the molecule is COCC1OC=[N+]([C-]2C=CC3N=C(C(N)CCC#N)SC3=C2)C1=O. The number of hydrogen-bond acceptors (Lipinski definition) is 7. The van der Waals surface area contributed by atoms with Crippen molar-refractivity contribution in [2.75, 3.05) is 13.7 Å². The highest BCUT2D eigenvalue weighted by atomic mass is 32.2. The molecule has 0 saturated heterocycles. The standard InChI is InChI=1S/C16H18N4O3S/c1-22-8-13-16(21)20(9-23-13)10-4-5-12-14(7-10)24-15(19-12)11(18)3-2-6-17/h4-5,7,9,11-13H,2-3,8,18H2,1H3. The molecule has 0 aromatic carbocycles. The molecule has 1 amide bonds. The van der Waals surface area contributed by atoms with Crippen molar-refractivity contribution in [3.05, 3.63) is 29.2 Å². The smallest absolute Gasteiger partial charge is 0.372 e. The predicted octanol–water partition coefficient (Wildman–Crippen LogP) is 0.730. The van der Waals surface area contributed by atoms with Crippen molar-refractivity contribution in [1.82, 2.24) is 0 Å². The molecule has 0 spiro atoms. The number of nitrogens with zero attached hydrogens (tertiary/aromatic N) is 3. The number of rotatable bonds is 6. The first-order chi connectivity index (χ1) is 11.6. The molecule has 3 aliphatic rings. The summed E-state index contributed by atoms with van der Waals surface area (Å²) in [4.78, 5) is 17.9. The second-order valence-electron chi connectivity index (χ2n) is 5.54. The molecule has 0 aromatic heterocycles. The van der Waals surface area contributed by atoms with Crippen LogP contribution in [0.25, 0.3) is 0 Å². The maximum atomic E-state index is 12.3. The first kappa shape index (κ1) is 16.8. The molecule has 2 heterocycles. The molecule has 3 unspecified atom stereocenters. The van der Waals surface area contributed by atoms with Crippen molar-refractivity contribution < 1.29 is 18.8 Å². The molecule has 24 heavy (non-hydrogen) atoms. The summed E-state index contributed by atoms with van der Waals surface area (Å²) in [5.41, 5.74) is 6.08. The Morgan fingerprint density at radius 3 is 3.25 bits per heavy atom. The van der Waals surface area contributed by atoms with Gasteiger partial charge in [-0.2, -0.15) is 9.84 Å². The Hall–Kier alpha value is -2.08. The molecule has 8 heteroatoms. The van der Waals surface area contributed by atoms with Crippen molar-refractivity contribution in [3.8, 4) is 6.07 Å². The fourth-order valence-electron chi connectivity index (χ4n) is 2.56. The molecule has 0 radical (unpaired) electrons. The molecule has 0 saturated carbocycles. The highest BCUT2D eigenvalue weighted by Crippen LogP contribution is 2.38. The molecular formula is C16H18N4O3S. The first-order valence-corrected chi connectivity index (χ1v) is 8.41. The zero-order chi connectivity index (χ0) is 17.1. The average molecular weight is 346 g/mol. The molecule has 3 rings (SSSR count). The normalized spacial score (nSPS) is 26.3. The van der Waals surface area contributed by atoms with E-state index in [2.05, 4.69) is 11.1 Å². The Morgan fingerprint density at radius 2 is 2.50 bits per heavy atom. The van der Waals surface area contributed by atoms with E-state index in [-0.39, 0.29) is 24.6 Å². The molecule has 0 fully saturated rings. The number of nitriles is 1. The predicted molar refractivity (Wildman–Crippen MR) is 90.2 cm³/mol. The fraction of sp³-hybridized carbons (Fsp3) is 0.438. The van der Waals surface area contributed by atoms with Gasteiger partial charge in [-0.3, -0.25) is 9.79 Å². The number of nitrogens with two attached hydrogens (primary N) is 1. The van der Waals surface area contributed by atoms with E-state index in [1.54, 1.807) is 0 Å². The van der Waals surface area contributed by atoms with Crippen LogP contribution in [-0.4, -0.2) is 53.8 Å². The van der Waals surface area contributed by atoms with E-state index >= 15 is 0 Å². The van der Waals surface area contributed by atoms with E-state index in [9.17, 15) is 4.79 Å². The topological polar surface area (TPSA) is 101 Å². The third-order valence-corrected chi connectivity index (χ3v) is 5.06. The third-order valence-electron chi connectivity index (χ3n) is 3.84. The van der Waals surface area contributed by atoms with Gasteiger partial charge in [0.25, 0.3) is 6.40 Å². The molecule has 2 N–H and O–H groups in total. The monoisotopic (exact) mass is 346 g/mol. The highest BCUT2D eigenvalue weighted by molar-refractivity contribution is 8.17. The van der Waals surface area contributed by atoms with Gasteiger partial charge in [0.2, 0.25) is 6.10 Å². The van der Waals surface area contributed by atoms with Gasteiger partial charge in [-0.05, 0) is 17.4 Å². The second-order valence-corrected chi connectivity index (χ2v) is 6.64. The maximum Gasteiger partial charge on any atom is 0.372 e. The lowest BCUT2D eigenvalue weighted by Gasteiger charge is -2.18. The number of ether oxygens (including phenoxy) is 2. The van der Waals surface area contributed by atoms with Gasteiger partial charge in [0.1, 0.15) is 6.04 Å². The van der Waals surface area contributed by atoms with Crippen LogP contribution in [0.2, 0.25) is 0 Å². The summed E-state index contributed by atoms with van der Waals surface area (Å²) in [6.07, 6.45) is 7.54. The number of carbonyl (C=O) groups is 1. The van der Waals surface area contributed by atoms with Gasteiger partial charge in [0.05, 0.1) is 23.8 Å². The lowest BCUT2D eigenvalue weighted by molar-refractivity contribution is -0.412. The first-order valence-electron chi connectivity index (χ1n) is 7.59. The van der Waals surface area contributed by atoms with Gasteiger partial charge in [0.15, 0.2) is 0 Å². The minimum absolute atomic E-state index is 0.0599. The number of carbonyl (C=O) groups excluding carboxylic acids is 1. The van der Waals surface area contributed by atoms with Gasteiger partial charge in [-0.25, -0.2) is 0 Å². The van der Waals surface area contributed by atoms with Crippen LogP contribution in [0.5, 0.6) is 0 Å². The van der Waals surface area contributed by atoms with Crippen molar-refractivity contribution in [3.63, 3.8) is 0 Å². The summed E-state index contributed by atoms with van der Waals surface area (Å²) in [6.45, 7) is 0.220. The van der Waals surface area contributed by atoms with E-state index in [0.717, 1.165) is 16.0 Å². The minimum atomic E-state index is -0.602. The molecule has 3 atom stereocenters. The fourth-order valence-corrected chi connectivity index (χ4v) is 3.67. The summed E-state index contributed by atoms with van der Waals surface area (Å²) in [7, 11) is 1.53. The molecule has 126 valence electrons. The summed E-state index contributed by atoms with van der Waals surface area (Å²) in [6, 6.07) is 2.55. The highest BCUT2D eigenvalue weighted by Gasteiger charge is 2.37.